The van der Waals surface area contributed by atoms with Gasteiger partial charge in [0.2, 0.25) is 0 Å². The van der Waals surface area contributed by atoms with E-state index in [4.69, 9.17) is 10.6 Å². The van der Waals surface area contributed by atoms with Gasteiger partial charge in [-0.15, -0.1) is 0 Å². The molecule has 0 spiro atoms. The fourth-order valence-corrected chi connectivity index (χ4v) is 3.42. The zero-order valence-electron chi connectivity index (χ0n) is 12.2. The second-order valence-electron chi connectivity index (χ2n) is 5.64. The number of nitrogens with two attached hydrogens (primary N) is 1. The van der Waals surface area contributed by atoms with E-state index in [0.29, 0.717) is 5.92 Å². The van der Waals surface area contributed by atoms with Gasteiger partial charge in [0, 0.05) is 26.0 Å². The quantitative estimate of drug-likeness (QED) is 0.632. The highest BCUT2D eigenvalue weighted by Gasteiger charge is 2.44. The van der Waals surface area contributed by atoms with Crippen LogP contribution in [0, 0.1) is 5.92 Å². The van der Waals surface area contributed by atoms with Crippen molar-refractivity contribution < 1.29 is 4.74 Å². The highest BCUT2D eigenvalue weighted by molar-refractivity contribution is 5.09. The molecule has 1 heterocycles. The van der Waals surface area contributed by atoms with E-state index in [0.717, 1.165) is 25.2 Å². The smallest absolute Gasteiger partial charge is 0.130 e. The predicted molar refractivity (Wildman–Crippen MR) is 75.3 cm³/mol. The van der Waals surface area contributed by atoms with Crippen molar-refractivity contribution in [1.82, 2.24) is 15.0 Å². The van der Waals surface area contributed by atoms with Crippen molar-refractivity contribution in [1.29, 1.82) is 0 Å². The molecule has 0 radical (unpaired) electrons. The predicted octanol–water partition coefficient (Wildman–Crippen LogP) is 2.00. The van der Waals surface area contributed by atoms with Crippen LogP contribution in [0.25, 0.3) is 0 Å². The van der Waals surface area contributed by atoms with Crippen molar-refractivity contribution in [2.45, 2.75) is 57.7 Å². The third kappa shape index (κ3) is 2.68. The van der Waals surface area contributed by atoms with Crippen LogP contribution in [0.2, 0.25) is 0 Å². The number of aryl methyl sites for hydroxylation is 1. The first-order valence-electron chi connectivity index (χ1n) is 7.19. The maximum Gasteiger partial charge on any atom is 0.130 e. The average molecular weight is 266 g/mol. The summed E-state index contributed by atoms with van der Waals surface area (Å²) in [5.74, 6) is 7.48. The molecule has 1 fully saturated rings. The normalized spacial score (nSPS) is 29.4. The Hall–Kier alpha value is -0.910. The first-order valence-corrected chi connectivity index (χ1v) is 7.19. The third-order valence-corrected chi connectivity index (χ3v) is 4.44. The lowest BCUT2D eigenvalue weighted by Gasteiger charge is -2.43. The zero-order chi connectivity index (χ0) is 13.9. The Morgan fingerprint density at radius 2 is 2.47 bits per heavy atom. The van der Waals surface area contributed by atoms with Crippen LogP contribution < -0.4 is 11.3 Å². The summed E-state index contributed by atoms with van der Waals surface area (Å²) in [6, 6.07) is -0.0600. The topological polar surface area (TPSA) is 65.1 Å². The van der Waals surface area contributed by atoms with Crippen molar-refractivity contribution in [2.75, 3.05) is 7.11 Å². The maximum absolute atomic E-state index is 5.93. The molecule has 19 heavy (non-hydrogen) atoms. The lowest BCUT2D eigenvalue weighted by Crippen LogP contribution is -2.51. The van der Waals surface area contributed by atoms with Crippen molar-refractivity contribution in [3.8, 4) is 0 Å². The molecule has 1 aromatic heterocycles. The molecule has 1 aliphatic rings. The average Bonchev–Trinajstić information content (AvgIpc) is 2.87. The molecular weight excluding hydrogens is 240 g/mol. The van der Waals surface area contributed by atoms with Crippen LogP contribution >= 0.6 is 0 Å². The molecule has 2 rings (SSSR count). The lowest BCUT2D eigenvalue weighted by atomic mass is 9.74. The summed E-state index contributed by atoms with van der Waals surface area (Å²) in [4.78, 5) is 4.49. The summed E-state index contributed by atoms with van der Waals surface area (Å²) in [7, 11) is 1.79. The van der Waals surface area contributed by atoms with Crippen LogP contribution in [-0.4, -0.2) is 22.3 Å². The van der Waals surface area contributed by atoms with E-state index >= 15 is 0 Å². The third-order valence-electron chi connectivity index (χ3n) is 4.44. The largest absolute Gasteiger partial charge is 0.376 e. The number of hydrogen-bond donors (Lipinski definition) is 2. The monoisotopic (exact) mass is 266 g/mol. The molecule has 0 amide bonds. The first-order chi connectivity index (χ1) is 9.16. The van der Waals surface area contributed by atoms with E-state index in [2.05, 4.69) is 28.8 Å². The summed E-state index contributed by atoms with van der Waals surface area (Å²) in [5, 5.41) is 0. The van der Waals surface area contributed by atoms with E-state index in [1.165, 1.54) is 12.8 Å². The number of aromatic nitrogens is 2. The highest BCUT2D eigenvalue weighted by atomic mass is 16.5. The van der Waals surface area contributed by atoms with Crippen LogP contribution in [-0.2, 0) is 11.3 Å². The van der Waals surface area contributed by atoms with Gasteiger partial charge in [0.15, 0.2) is 0 Å². The van der Waals surface area contributed by atoms with Gasteiger partial charge in [-0.1, -0.05) is 19.8 Å². The summed E-state index contributed by atoms with van der Waals surface area (Å²) < 4.78 is 8.06. The first kappa shape index (κ1) is 14.5. The fraction of sp³-hybridized carbons (Fsp3) is 0.786. The minimum atomic E-state index is -0.245. The Bertz CT molecular complexity index is 406. The number of hydrazine groups is 1. The summed E-state index contributed by atoms with van der Waals surface area (Å²) >= 11 is 0. The van der Waals surface area contributed by atoms with Crippen LogP contribution in [0.15, 0.2) is 12.4 Å². The van der Waals surface area contributed by atoms with Crippen molar-refractivity contribution >= 4 is 0 Å². The molecule has 0 saturated heterocycles. The van der Waals surface area contributed by atoms with Crippen molar-refractivity contribution in [3.05, 3.63) is 18.2 Å². The standard InChI is InChI=1S/C14H26N4O/c1-4-18-9-8-16-13(18)12(17-15)14(19-3)7-5-6-11(2)10-14/h8-9,11-12,17H,4-7,10,15H2,1-3H3. The number of imidazole rings is 1. The van der Waals surface area contributed by atoms with E-state index in [9.17, 15) is 0 Å². The molecular formula is C14H26N4O. The van der Waals surface area contributed by atoms with Crippen LogP contribution in [0.1, 0.15) is 51.4 Å². The number of methoxy groups -OCH3 is 1. The van der Waals surface area contributed by atoms with Gasteiger partial charge in [0.05, 0.1) is 5.60 Å². The Labute approximate surface area is 115 Å². The Morgan fingerprint density at radius 3 is 3.05 bits per heavy atom. The van der Waals surface area contributed by atoms with Crippen molar-refractivity contribution in [3.63, 3.8) is 0 Å². The summed E-state index contributed by atoms with van der Waals surface area (Å²) in [5.41, 5.74) is 2.71. The lowest BCUT2D eigenvalue weighted by molar-refractivity contribution is -0.0831. The zero-order valence-corrected chi connectivity index (χ0v) is 12.2. The van der Waals surface area contributed by atoms with Gasteiger partial charge in [0.1, 0.15) is 11.9 Å². The number of nitrogens with zero attached hydrogens (tertiary/aromatic N) is 2. The van der Waals surface area contributed by atoms with E-state index in [1.54, 1.807) is 7.11 Å². The van der Waals surface area contributed by atoms with Crippen molar-refractivity contribution in [2.24, 2.45) is 11.8 Å². The van der Waals surface area contributed by atoms with Crippen LogP contribution in [0.3, 0.4) is 0 Å². The van der Waals surface area contributed by atoms with E-state index < -0.39 is 0 Å². The molecule has 5 nitrogen and oxygen atoms in total. The molecule has 0 aromatic carbocycles. The van der Waals surface area contributed by atoms with Gasteiger partial charge in [-0.3, -0.25) is 5.84 Å². The molecule has 3 unspecified atom stereocenters. The second-order valence-corrected chi connectivity index (χ2v) is 5.64. The molecule has 1 aliphatic carbocycles. The maximum atomic E-state index is 5.93. The Morgan fingerprint density at radius 1 is 1.68 bits per heavy atom. The summed E-state index contributed by atoms with van der Waals surface area (Å²) in [6.07, 6.45) is 8.33. The molecule has 0 aliphatic heterocycles. The molecule has 108 valence electrons. The SMILES string of the molecule is CCn1ccnc1C(NN)C1(OC)CCCC(C)C1. The molecule has 0 bridgehead atoms. The Kier molecular flexibility index (Phi) is 4.60. The van der Waals surface area contributed by atoms with E-state index in [1.807, 2.05) is 12.4 Å². The molecule has 1 aromatic rings. The molecule has 3 atom stereocenters. The van der Waals surface area contributed by atoms with Crippen LogP contribution in [0.5, 0.6) is 0 Å². The second kappa shape index (κ2) is 6.03. The van der Waals surface area contributed by atoms with Gasteiger partial charge in [-0.2, -0.15) is 0 Å². The van der Waals surface area contributed by atoms with Gasteiger partial charge in [0.25, 0.3) is 0 Å². The minimum Gasteiger partial charge on any atom is -0.376 e. The van der Waals surface area contributed by atoms with E-state index in [-0.39, 0.29) is 11.6 Å². The number of ether oxygens (including phenoxy) is 1. The Balaban J connectivity index is 2.33. The summed E-state index contributed by atoms with van der Waals surface area (Å²) in [6.45, 7) is 5.29. The van der Waals surface area contributed by atoms with Gasteiger partial charge in [-0.05, 0) is 25.7 Å². The molecule has 1 saturated carbocycles. The molecule has 5 heteroatoms. The fourth-order valence-electron chi connectivity index (χ4n) is 3.42. The number of hydrogen-bond acceptors (Lipinski definition) is 4. The van der Waals surface area contributed by atoms with Gasteiger partial charge >= 0.3 is 0 Å². The number of rotatable bonds is 5. The molecule has 3 N–H and O–H groups in total. The van der Waals surface area contributed by atoms with Crippen LogP contribution in [0.4, 0.5) is 0 Å². The van der Waals surface area contributed by atoms with Gasteiger partial charge < -0.3 is 9.30 Å². The van der Waals surface area contributed by atoms with Gasteiger partial charge in [-0.25, -0.2) is 10.4 Å². The minimum absolute atomic E-state index is 0.0600. The highest BCUT2D eigenvalue weighted by Crippen LogP contribution is 2.42. The number of nitrogens with one attached hydrogen (secondary N) is 1.